The monoisotopic (exact) mass is 447 g/mol. The number of rotatable bonds is 7. The molecule has 33 heavy (non-hydrogen) atoms. The minimum atomic E-state index is -0.582. The lowest BCUT2D eigenvalue weighted by molar-refractivity contribution is -0.118. The number of nitrogens with zero attached hydrogens (tertiary/aromatic N) is 2. The number of esters is 1. The highest BCUT2D eigenvalue weighted by Gasteiger charge is 2.12. The Kier molecular flexibility index (Phi) is 6.21. The second kappa shape index (κ2) is 9.39. The number of hydrogen-bond acceptors (Lipinski definition) is 7. The summed E-state index contributed by atoms with van der Waals surface area (Å²) in [6.45, 7) is 3.37. The highest BCUT2D eigenvalue weighted by Crippen LogP contribution is 2.14. The maximum atomic E-state index is 12.3. The van der Waals surface area contributed by atoms with Gasteiger partial charge in [-0.1, -0.05) is 17.7 Å². The van der Waals surface area contributed by atoms with Crippen LogP contribution in [0.25, 0.3) is 5.65 Å². The molecule has 0 fully saturated rings. The fraction of sp³-hybridized carbons (Fsp3) is 0.167. The molecule has 2 aromatic carbocycles. The van der Waals surface area contributed by atoms with Crippen LogP contribution in [0.3, 0.4) is 0 Å². The Labute approximate surface area is 188 Å². The van der Waals surface area contributed by atoms with Gasteiger partial charge in [-0.05, 0) is 50.2 Å². The van der Waals surface area contributed by atoms with Gasteiger partial charge in [0, 0.05) is 17.8 Å². The molecular weight excluding hydrogens is 426 g/mol. The SMILES string of the molecule is Cc1ccc(OCC(=O)Nc2ccc(C(=O)OCc3cc(=O)n4oc(C)cc4n3)cc2)cc1. The predicted molar refractivity (Wildman–Crippen MR) is 119 cm³/mol. The minimum absolute atomic E-state index is 0.139. The minimum Gasteiger partial charge on any atom is -0.484 e. The number of aryl methyl sites for hydroxylation is 2. The van der Waals surface area contributed by atoms with Crippen LogP contribution in [-0.4, -0.2) is 28.0 Å². The molecule has 1 amide bonds. The summed E-state index contributed by atoms with van der Waals surface area (Å²) < 4.78 is 17.0. The molecule has 168 valence electrons. The first-order valence-electron chi connectivity index (χ1n) is 10.1. The zero-order valence-corrected chi connectivity index (χ0v) is 18.0. The number of hydrogen-bond donors (Lipinski definition) is 1. The van der Waals surface area contributed by atoms with E-state index in [0.717, 1.165) is 10.1 Å². The van der Waals surface area contributed by atoms with Gasteiger partial charge in [0.1, 0.15) is 18.1 Å². The van der Waals surface area contributed by atoms with Crippen molar-refractivity contribution < 1.29 is 23.6 Å². The van der Waals surface area contributed by atoms with E-state index in [0.29, 0.717) is 34.1 Å². The second-order valence-corrected chi connectivity index (χ2v) is 7.39. The summed E-state index contributed by atoms with van der Waals surface area (Å²) in [5, 5.41) is 2.70. The summed E-state index contributed by atoms with van der Waals surface area (Å²) in [4.78, 5) is 40.7. The van der Waals surface area contributed by atoms with Crippen LogP contribution in [0.1, 0.15) is 27.4 Å². The van der Waals surface area contributed by atoms with Gasteiger partial charge < -0.3 is 19.3 Å². The van der Waals surface area contributed by atoms with E-state index >= 15 is 0 Å². The number of anilines is 1. The summed E-state index contributed by atoms with van der Waals surface area (Å²) >= 11 is 0. The maximum Gasteiger partial charge on any atom is 0.338 e. The van der Waals surface area contributed by atoms with E-state index in [-0.39, 0.29) is 19.1 Å². The molecule has 2 heterocycles. The van der Waals surface area contributed by atoms with Crippen LogP contribution in [0.5, 0.6) is 5.75 Å². The molecule has 2 aromatic heterocycles. The fourth-order valence-electron chi connectivity index (χ4n) is 3.04. The molecule has 0 aliphatic carbocycles. The zero-order chi connectivity index (χ0) is 23.4. The van der Waals surface area contributed by atoms with E-state index in [2.05, 4.69) is 10.3 Å². The zero-order valence-electron chi connectivity index (χ0n) is 18.0. The van der Waals surface area contributed by atoms with Crippen molar-refractivity contribution in [1.29, 1.82) is 0 Å². The molecule has 0 radical (unpaired) electrons. The molecular formula is C24H21N3O6. The van der Waals surface area contributed by atoms with Gasteiger partial charge in [0.25, 0.3) is 11.5 Å². The van der Waals surface area contributed by atoms with Gasteiger partial charge in [0.15, 0.2) is 12.3 Å². The molecule has 9 heteroatoms. The standard InChI is InChI=1S/C24H21N3O6/c1-15-3-9-20(10-4-15)31-14-22(28)26-18-7-5-17(6-8-18)24(30)32-13-19-12-23(29)27-21(25-19)11-16(2)33-27/h3-12H,13-14H2,1-2H3,(H,26,28). The normalized spacial score (nSPS) is 10.7. The third-order valence-electron chi connectivity index (χ3n) is 4.67. The van der Waals surface area contributed by atoms with Crippen LogP contribution < -0.4 is 15.6 Å². The Morgan fingerprint density at radius 3 is 2.48 bits per heavy atom. The van der Waals surface area contributed by atoms with Gasteiger partial charge in [-0.3, -0.25) is 9.59 Å². The largest absolute Gasteiger partial charge is 0.484 e. The topological polar surface area (TPSA) is 112 Å². The average Bonchev–Trinajstić information content (AvgIpc) is 3.18. The number of carbonyl (C=O) groups is 2. The van der Waals surface area contributed by atoms with E-state index in [1.165, 1.54) is 18.2 Å². The Morgan fingerprint density at radius 1 is 1.03 bits per heavy atom. The highest BCUT2D eigenvalue weighted by atomic mass is 16.5. The summed E-state index contributed by atoms with van der Waals surface area (Å²) in [6.07, 6.45) is 0. The first kappa shape index (κ1) is 21.8. The number of ether oxygens (including phenoxy) is 2. The van der Waals surface area contributed by atoms with Crippen molar-refractivity contribution in [2.45, 2.75) is 20.5 Å². The molecule has 4 aromatic rings. The first-order valence-corrected chi connectivity index (χ1v) is 10.1. The maximum absolute atomic E-state index is 12.3. The Bertz CT molecular complexity index is 1350. The number of benzene rings is 2. The predicted octanol–water partition coefficient (Wildman–Crippen LogP) is 3.28. The van der Waals surface area contributed by atoms with Crippen molar-refractivity contribution >= 4 is 23.2 Å². The van der Waals surface area contributed by atoms with E-state index in [9.17, 15) is 14.4 Å². The van der Waals surface area contributed by atoms with Crippen molar-refractivity contribution in [2.75, 3.05) is 11.9 Å². The average molecular weight is 447 g/mol. The molecule has 4 rings (SSSR count). The lowest BCUT2D eigenvalue weighted by Gasteiger charge is -2.09. The van der Waals surface area contributed by atoms with Gasteiger partial charge in [-0.15, -0.1) is 4.57 Å². The lowest BCUT2D eigenvalue weighted by atomic mass is 10.2. The third kappa shape index (κ3) is 5.45. The molecule has 0 spiro atoms. The van der Waals surface area contributed by atoms with Gasteiger partial charge >= 0.3 is 5.97 Å². The molecule has 0 saturated heterocycles. The Hall–Kier alpha value is -4.40. The van der Waals surface area contributed by atoms with Gasteiger partial charge in [-0.2, -0.15) is 0 Å². The molecule has 0 saturated carbocycles. The van der Waals surface area contributed by atoms with Crippen molar-refractivity contribution in [1.82, 2.24) is 9.56 Å². The van der Waals surface area contributed by atoms with Crippen LogP contribution in [-0.2, 0) is 16.1 Å². The van der Waals surface area contributed by atoms with Gasteiger partial charge in [0.2, 0.25) is 0 Å². The van der Waals surface area contributed by atoms with Crippen LogP contribution in [0.4, 0.5) is 5.69 Å². The van der Waals surface area contributed by atoms with Crippen molar-refractivity contribution in [3.8, 4) is 5.75 Å². The van der Waals surface area contributed by atoms with Crippen LogP contribution in [0.15, 0.2) is 70.0 Å². The lowest BCUT2D eigenvalue weighted by Crippen LogP contribution is -2.20. The molecule has 0 atom stereocenters. The van der Waals surface area contributed by atoms with Crippen molar-refractivity contribution in [2.24, 2.45) is 0 Å². The molecule has 0 bridgehead atoms. The van der Waals surface area contributed by atoms with E-state index in [4.69, 9.17) is 14.0 Å². The molecule has 0 unspecified atom stereocenters. The first-order chi connectivity index (χ1) is 15.9. The molecule has 0 aliphatic rings. The van der Waals surface area contributed by atoms with Gasteiger partial charge in [-0.25, -0.2) is 9.78 Å². The summed E-state index contributed by atoms with van der Waals surface area (Å²) in [7, 11) is 0. The number of amides is 1. The van der Waals surface area contributed by atoms with E-state index in [1.54, 1.807) is 37.3 Å². The number of aromatic nitrogens is 2. The molecule has 1 N–H and O–H groups in total. The number of nitrogens with one attached hydrogen (secondary N) is 1. The highest BCUT2D eigenvalue weighted by molar-refractivity contribution is 5.93. The third-order valence-corrected chi connectivity index (χ3v) is 4.67. The number of carbonyl (C=O) groups excluding carboxylic acids is 2. The van der Waals surface area contributed by atoms with Crippen molar-refractivity contribution in [3.63, 3.8) is 0 Å². The Morgan fingerprint density at radius 2 is 1.76 bits per heavy atom. The second-order valence-electron chi connectivity index (χ2n) is 7.39. The van der Waals surface area contributed by atoms with Crippen LogP contribution in [0.2, 0.25) is 0 Å². The molecule has 9 nitrogen and oxygen atoms in total. The van der Waals surface area contributed by atoms with E-state index in [1.807, 2.05) is 19.1 Å². The quantitative estimate of drug-likeness (QED) is 0.433. The number of fused-ring (bicyclic) bond motifs is 1. The van der Waals surface area contributed by atoms with Gasteiger partial charge in [0.05, 0.1) is 11.3 Å². The summed E-state index contributed by atoms with van der Waals surface area (Å²) in [5.41, 5.74) is 2.17. The summed E-state index contributed by atoms with van der Waals surface area (Å²) in [6, 6.07) is 16.5. The summed E-state index contributed by atoms with van der Waals surface area (Å²) in [5.74, 6) is 0.241. The van der Waals surface area contributed by atoms with Crippen LogP contribution in [0, 0.1) is 13.8 Å². The molecule has 0 aliphatic heterocycles. The van der Waals surface area contributed by atoms with Crippen LogP contribution >= 0.6 is 0 Å². The van der Waals surface area contributed by atoms with E-state index < -0.39 is 11.5 Å². The fourth-order valence-corrected chi connectivity index (χ4v) is 3.04. The van der Waals surface area contributed by atoms with Crippen molar-refractivity contribution in [3.05, 3.63) is 93.6 Å². The smallest absolute Gasteiger partial charge is 0.338 e. The Balaban J connectivity index is 1.30.